The van der Waals surface area contributed by atoms with Gasteiger partial charge in [0.2, 0.25) is 0 Å². The second-order valence-electron chi connectivity index (χ2n) is 4.20. The summed E-state index contributed by atoms with van der Waals surface area (Å²) in [6.45, 7) is 0.464. The summed E-state index contributed by atoms with van der Waals surface area (Å²) in [7, 11) is 0. The van der Waals surface area contributed by atoms with Gasteiger partial charge in [0.25, 0.3) is 0 Å². The molecule has 1 fully saturated rings. The van der Waals surface area contributed by atoms with Gasteiger partial charge in [-0.1, -0.05) is 0 Å². The van der Waals surface area contributed by atoms with Gasteiger partial charge in [0, 0.05) is 6.54 Å². The van der Waals surface area contributed by atoms with E-state index in [1.807, 2.05) is 0 Å². The minimum absolute atomic E-state index is 0.173. The Balaban J connectivity index is 1.70. The van der Waals surface area contributed by atoms with Crippen LogP contribution in [0.15, 0.2) is 22.8 Å². The predicted octanol–water partition coefficient (Wildman–Crippen LogP) is 0.944. The first-order chi connectivity index (χ1) is 8.12. The van der Waals surface area contributed by atoms with Crippen LogP contribution < -0.4 is 10.6 Å². The Morgan fingerprint density at radius 2 is 2.18 bits per heavy atom. The van der Waals surface area contributed by atoms with Gasteiger partial charge in [-0.05, 0) is 25.0 Å². The zero-order chi connectivity index (χ0) is 12.3. The van der Waals surface area contributed by atoms with E-state index < -0.39 is 11.4 Å². The molecule has 3 N–H and O–H groups in total. The van der Waals surface area contributed by atoms with Crippen molar-refractivity contribution in [3.05, 3.63) is 24.2 Å². The van der Waals surface area contributed by atoms with Crippen LogP contribution in [0.2, 0.25) is 0 Å². The molecule has 2 amide bonds. The molecule has 0 aromatic carbocycles. The predicted molar refractivity (Wildman–Crippen MR) is 58.2 cm³/mol. The number of hydrogen-bond acceptors (Lipinski definition) is 3. The third kappa shape index (κ3) is 2.77. The summed E-state index contributed by atoms with van der Waals surface area (Å²) < 4.78 is 5.04. The van der Waals surface area contributed by atoms with Gasteiger partial charge in [-0.3, -0.25) is 4.79 Å². The fourth-order valence-corrected chi connectivity index (χ4v) is 1.51. The summed E-state index contributed by atoms with van der Waals surface area (Å²) in [6, 6.07) is 3.10. The molecule has 1 aliphatic carbocycles. The van der Waals surface area contributed by atoms with Gasteiger partial charge in [0.05, 0.1) is 18.2 Å². The molecule has 0 aliphatic heterocycles. The Hall–Kier alpha value is -1.98. The summed E-state index contributed by atoms with van der Waals surface area (Å²) in [5.41, 5.74) is -0.734. The number of hydrogen-bond donors (Lipinski definition) is 3. The fraction of sp³-hybridized carbons (Fsp3) is 0.455. The van der Waals surface area contributed by atoms with Gasteiger partial charge in [-0.25, -0.2) is 4.79 Å². The molecule has 17 heavy (non-hydrogen) atoms. The van der Waals surface area contributed by atoms with Crippen LogP contribution in [0.4, 0.5) is 4.79 Å². The third-order valence-electron chi connectivity index (χ3n) is 2.90. The van der Waals surface area contributed by atoms with E-state index in [9.17, 15) is 9.59 Å². The largest absolute Gasteiger partial charge is 0.481 e. The van der Waals surface area contributed by atoms with E-state index in [1.54, 1.807) is 12.1 Å². The maximum Gasteiger partial charge on any atom is 0.315 e. The second-order valence-corrected chi connectivity index (χ2v) is 4.20. The van der Waals surface area contributed by atoms with Crippen LogP contribution in [0.25, 0.3) is 0 Å². The summed E-state index contributed by atoms with van der Waals surface area (Å²) in [4.78, 5) is 22.2. The monoisotopic (exact) mass is 238 g/mol. The molecular formula is C11H14N2O4. The van der Waals surface area contributed by atoms with Gasteiger partial charge in [-0.2, -0.15) is 0 Å². The van der Waals surface area contributed by atoms with E-state index in [-0.39, 0.29) is 12.6 Å². The Morgan fingerprint density at radius 1 is 1.41 bits per heavy atom. The molecule has 6 heteroatoms. The van der Waals surface area contributed by atoms with Crippen molar-refractivity contribution >= 4 is 12.0 Å². The van der Waals surface area contributed by atoms with Crippen molar-refractivity contribution < 1.29 is 19.1 Å². The van der Waals surface area contributed by atoms with Crippen LogP contribution in [0.5, 0.6) is 0 Å². The van der Waals surface area contributed by atoms with Crippen molar-refractivity contribution in [2.24, 2.45) is 5.41 Å². The van der Waals surface area contributed by atoms with Gasteiger partial charge in [0.1, 0.15) is 5.76 Å². The SMILES string of the molecule is O=C(NCc1ccco1)NCC1(C(=O)O)CC1. The number of carbonyl (C=O) groups excluding carboxylic acids is 1. The lowest BCUT2D eigenvalue weighted by molar-refractivity contribution is -0.143. The highest BCUT2D eigenvalue weighted by Gasteiger charge is 2.50. The highest BCUT2D eigenvalue weighted by atomic mass is 16.4. The molecule has 0 unspecified atom stereocenters. The Labute approximate surface area is 98.0 Å². The highest BCUT2D eigenvalue weighted by molar-refractivity contribution is 5.80. The lowest BCUT2D eigenvalue weighted by Crippen LogP contribution is -2.40. The molecule has 92 valence electrons. The maximum absolute atomic E-state index is 11.4. The molecule has 1 heterocycles. The Morgan fingerprint density at radius 3 is 2.71 bits per heavy atom. The van der Waals surface area contributed by atoms with Crippen LogP contribution >= 0.6 is 0 Å². The average Bonchev–Trinajstić information content (AvgIpc) is 2.93. The zero-order valence-corrected chi connectivity index (χ0v) is 9.23. The molecule has 1 saturated carbocycles. The Kier molecular flexibility index (Phi) is 3.03. The molecule has 2 rings (SSSR count). The van der Waals surface area contributed by atoms with E-state index in [2.05, 4.69) is 10.6 Å². The summed E-state index contributed by atoms with van der Waals surface area (Å²) in [6.07, 6.45) is 2.78. The zero-order valence-electron chi connectivity index (χ0n) is 9.23. The summed E-state index contributed by atoms with van der Waals surface area (Å²) in [5, 5.41) is 14.1. The topological polar surface area (TPSA) is 91.6 Å². The number of furan rings is 1. The number of rotatable bonds is 5. The van der Waals surface area contributed by atoms with Crippen LogP contribution in [0.3, 0.4) is 0 Å². The van der Waals surface area contributed by atoms with E-state index in [4.69, 9.17) is 9.52 Å². The number of carboxylic acids is 1. The number of carboxylic acid groups (broad SMARTS) is 1. The first kappa shape index (κ1) is 11.5. The Bertz CT molecular complexity index is 409. The number of nitrogens with one attached hydrogen (secondary N) is 2. The molecular weight excluding hydrogens is 224 g/mol. The first-order valence-electron chi connectivity index (χ1n) is 5.40. The van der Waals surface area contributed by atoms with Crippen molar-refractivity contribution in [3.63, 3.8) is 0 Å². The molecule has 1 aromatic rings. The van der Waals surface area contributed by atoms with Gasteiger partial charge < -0.3 is 20.2 Å². The number of amides is 2. The molecule has 6 nitrogen and oxygen atoms in total. The van der Waals surface area contributed by atoms with Crippen molar-refractivity contribution in [2.75, 3.05) is 6.54 Å². The molecule has 0 saturated heterocycles. The fourth-order valence-electron chi connectivity index (χ4n) is 1.51. The van der Waals surface area contributed by atoms with E-state index in [0.29, 0.717) is 25.1 Å². The average molecular weight is 238 g/mol. The van der Waals surface area contributed by atoms with Crippen LogP contribution in [-0.2, 0) is 11.3 Å². The standard InChI is InChI=1S/C11H14N2O4/c14-9(15)11(3-4-11)7-13-10(16)12-6-8-2-1-5-17-8/h1-2,5H,3-4,6-7H2,(H,14,15)(H2,12,13,16). The molecule has 1 aromatic heterocycles. The number of carbonyl (C=O) groups is 2. The van der Waals surface area contributed by atoms with Crippen molar-refractivity contribution in [3.8, 4) is 0 Å². The summed E-state index contributed by atoms with van der Waals surface area (Å²) in [5.74, 6) is -0.191. The lowest BCUT2D eigenvalue weighted by atomic mass is 10.1. The van der Waals surface area contributed by atoms with Crippen molar-refractivity contribution in [2.45, 2.75) is 19.4 Å². The lowest BCUT2D eigenvalue weighted by Gasteiger charge is -2.11. The van der Waals surface area contributed by atoms with E-state index in [0.717, 1.165) is 0 Å². The van der Waals surface area contributed by atoms with Crippen LogP contribution in [-0.4, -0.2) is 23.7 Å². The second kappa shape index (κ2) is 4.48. The van der Waals surface area contributed by atoms with Gasteiger partial charge in [-0.15, -0.1) is 0 Å². The minimum atomic E-state index is -0.844. The minimum Gasteiger partial charge on any atom is -0.481 e. The van der Waals surface area contributed by atoms with Crippen molar-refractivity contribution in [1.29, 1.82) is 0 Å². The van der Waals surface area contributed by atoms with Crippen LogP contribution in [0, 0.1) is 5.41 Å². The third-order valence-corrected chi connectivity index (χ3v) is 2.90. The van der Waals surface area contributed by atoms with Gasteiger partial charge >= 0.3 is 12.0 Å². The summed E-state index contributed by atoms with van der Waals surface area (Å²) >= 11 is 0. The first-order valence-corrected chi connectivity index (χ1v) is 5.40. The normalized spacial score (nSPS) is 16.2. The molecule has 0 bridgehead atoms. The van der Waals surface area contributed by atoms with E-state index in [1.165, 1.54) is 6.26 Å². The molecule has 1 aliphatic rings. The van der Waals surface area contributed by atoms with Crippen molar-refractivity contribution in [1.82, 2.24) is 10.6 Å². The van der Waals surface area contributed by atoms with Gasteiger partial charge in [0.15, 0.2) is 0 Å². The smallest absolute Gasteiger partial charge is 0.315 e. The van der Waals surface area contributed by atoms with E-state index >= 15 is 0 Å². The highest BCUT2D eigenvalue weighted by Crippen LogP contribution is 2.45. The molecule has 0 spiro atoms. The van der Waals surface area contributed by atoms with Crippen LogP contribution in [0.1, 0.15) is 18.6 Å². The number of aliphatic carboxylic acids is 1. The molecule has 0 radical (unpaired) electrons. The molecule has 0 atom stereocenters. The maximum atomic E-state index is 11.4. The number of urea groups is 1. The quantitative estimate of drug-likeness (QED) is 0.712.